The Kier molecular flexibility index (Phi) is 4.29. The molecule has 1 atom stereocenters. The van der Waals surface area contributed by atoms with Crippen molar-refractivity contribution in [3.8, 4) is 11.5 Å². The van der Waals surface area contributed by atoms with Crippen LogP contribution in [0, 0.1) is 0 Å². The molecule has 1 N–H and O–H groups in total. The highest BCUT2D eigenvalue weighted by Gasteiger charge is 2.50. The number of benzene rings is 3. The van der Waals surface area contributed by atoms with Gasteiger partial charge in [-0.1, -0.05) is 54.6 Å². The third kappa shape index (κ3) is 2.93. The van der Waals surface area contributed by atoms with Crippen LogP contribution in [0.15, 0.2) is 72.8 Å². The highest BCUT2D eigenvalue weighted by atomic mass is 16.7. The summed E-state index contributed by atoms with van der Waals surface area (Å²) in [5.74, 6) is 0.496. The number of carbonyl (C=O) groups is 2. The van der Waals surface area contributed by atoms with Crippen LogP contribution in [0.4, 0.5) is 5.69 Å². The fourth-order valence-corrected chi connectivity index (χ4v) is 4.01. The topological polar surface area (TPSA) is 76.1 Å². The third-order valence-electron chi connectivity index (χ3n) is 5.53. The molecule has 150 valence electrons. The third-order valence-corrected chi connectivity index (χ3v) is 5.53. The molecule has 2 heterocycles. The van der Waals surface area contributed by atoms with Crippen molar-refractivity contribution < 1.29 is 24.2 Å². The fourth-order valence-electron chi connectivity index (χ4n) is 4.01. The zero-order valence-corrected chi connectivity index (χ0v) is 16.1. The highest BCUT2D eigenvalue weighted by Crippen LogP contribution is 2.44. The maximum atomic E-state index is 13.4. The lowest BCUT2D eigenvalue weighted by molar-refractivity contribution is -0.136. The Labute approximate surface area is 173 Å². The van der Waals surface area contributed by atoms with Gasteiger partial charge in [0.25, 0.3) is 5.91 Å². The van der Waals surface area contributed by atoms with Crippen LogP contribution in [0.25, 0.3) is 0 Å². The molecule has 2 aliphatic rings. The van der Waals surface area contributed by atoms with Gasteiger partial charge in [0.1, 0.15) is 0 Å². The van der Waals surface area contributed by atoms with Crippen molar-refractivity contribution in [2.24, 2.45) is 0 Å². The van der Waals surface area contributed by atoms with Gasteiger partial charge in [0.15, 0.2) is 22.9 Å². The van der Waals surface area contributed by atoms with Crippen LogP contribution in [0.5, 0.6) is 11.5 Å². The van der Waals surface area contributed by atoms with E-state index in [0.29, 0.717) is 28.3 Å². The van der Waals surface area contributed by atoms with Crippen LogP contribution >= 0.6 is 0 Å². The predicted octanol–water partition coefficient (Wildman–Crippen LogP) is 3.42. The molecule has 30 heavy (non-hydrogen) atoms. The van der Waals surface area contributed by atoms with Crippen LogP contribution in [0.1, 0.15) is 27.9 Å². The van der Waals surface area contributed by atoms with Crippen molar-refractivity contribution in [2.45, 2.75) is 18.6 Å². The molecule has 0 saturated carbocycles. The van der Waals surface area contributed by atoms with Crippen molar-refractivity contribution in [1.82, 2.24) is 0 Å². The number of para-hydroxylation sites is 1. The molecular weight excluding hydrogens is 382 g/mol. The Morgan fingerprint density at radius 2 is 1.70 bits per heavy atom. The van der Waals surface area contributed by atoms with Gasteiger partial charge in [-0.2, -0.15) is 0 Å². The summed E-state index contributed by atoms with van der Waals surface area (Å²) in [6.07, 6.45) is -0.315. The van der Waals surface area contributed by atoms with Crippen LogP contribution in [0.2, 0.25) is 0 Å². The Morgan fingerprint density at radius 1 is 0.967 bits per heavy atom. The van der Waals surface area contributed by atoms with E-state index >= 15 is 0 Å². The largest absolute Gasteiger partial charge is 0.454 e. The van der Waals surface area contributed by atoms with Crippen LogP contribution < -0.4 is 14.4 Å². The quantitative estimate of drug-likeness (QED) is 0.663. The van der Waals surface area contributed by atoms with Crippen LogP contribution in [-0.2, 0) is 16.9 Å². The molecule has 0 aromatic heterocycles. The Balaban J connectivity index is 1.47. The summed E-state index contributed by atoms with van der Waals surface area (Å²) in [6.45, 7) is 0.417. The summed E-state index contributed by atoms with van der Waals surface area (Å²) in [5.41, 5.74) is 0.440. The lowest BCUT2D eigenvalue weighted by atomic mass is 9.88. The SMILES string of the molecule is O=C(CC1(O)C(=O)N(Cc2ccc3c(c2)OCO3)c2ccccc21)c1ccccc1. The molecule has 0 fully saturated rings. The molecule has 0 bridgehead atoms. The average Bonchev–Trinajstić information content (AvgIpc) is 3.32. The first-order chi connectivity index (χ1) is 14.6. The number of anilines is 1. The number of ether oxygens (including phenoxy) is 2. The standard InChI is InChI=1S/C24H19NO5/c26-20(17-6-2-1-3-7-17)13-24(28)18-8-4-5-9-19(18)25(23(24)27)14-16-10-11-21-22(12-16)30-15-29-21/h1-12,28H,13-15H2. The van der Waals surface area contributed by atoms with Gasteiger partial charge in [-0.05, 0) is 23.8 Å². The first-order valence-corrected chi connectivity index (χ1v) is 9.67. The summed E-state index contributed by atoms with van der Waals surface area (Å²) < 4.78 is 10.8. The number of amides is 1. The van der Waals surface area contributed by atoms with E-state index in [9.17, 15) is 14.7 Å². The second kappa shape index (κ2) is 7.00. The molecule has 3 aromatic rings. The van der Waals surface area contributed by atoms with Gasteiger partial charge in [0.2, 0.25) is 6.79 Å². The van der Waals surface area contributed by atoms with E-state index in [2.05, 4.69) is 0 Å². The monoisotopic (exact) mass is 401 g/mol. The molecule has 6 nitrogen and oxygen atoms in total. The average molecular weight is 401 g/mol. The van der Waals surface area contributed by atoms with Crippen LogP contribution in [0.3, 0.4) is 0 Å². The van der Waals surface area contributed by atoms with Gasteiger partial charge in [0, 0.05) is 11.1 Å². The van der Waals surface area contributed by atoms with Crippen molar-refractivity contribution in [1.29, 1.82) is 0 Å². The van der Waals surface area contributed by atoms with Crippen molar-refractivity contribution in [3.05, 3.63) is 89.5 Å². The summed E-state index contributed by atoms with van der Waals surface area (Å²) in [5, 5.41) is 11.4. The van der Waals surface area contributed by atoms with Gasteiger partial charge in [-0.25, -0.2) is 0 Å². The summed E-state index contributed by atoms with van der Waals surface area (Å²) in [7, 11) is 0. The van der Waals surface area contributed by atoms with E-state index in [1.165, 1.54) is 4.90 Å². The Bertz CT molecular complexity index is 1140. The minimum atomic E-state index is -1.90. The number of carbonyl (C=O) groups excluding carboxylic acids is 2. The van der Waals surface area contributed by atoms with E-state index in [-0.39, 0.29) is 25.5 Å². The molecule has 6 heteroatoms. The number of fused-ring (bicyclic) bond motifs is 2. The highest BCUT2D eigenvalue weighted by molar-refractivity contribution is 6.10. The Morgan fingerprint density at radius 3 is 2.53 bits per heavy atom. The van der Waals surface area contributed by atoms with Gasteiger partial charge >= 0.3 is 0 Å². The van der Waals surface area contributed by atoms with E-state index in [1.54, 1.807) is 48.5 Å². The summed E-state index contributed by atoms with van der Waals surface area (Å²) >= 11 is 0. The van der Waals surface area contributed by atoms with E-state index in [0.717, 1.165) is 5.56 Å². The zero-order chi connectivity index (χ0) is 20.7. The first kappa shape index (κ1) is 18.4. The normalized spacial score (nSPS) is 19.1. The molecule has 0 spiro atoms. The molecule has 0 saturated heterocycles. The van der Waals surface area contributed by atoms with Crippen molar-refractivity contribution in [2.75, 3.05) is 11.7 Å². The van der Waals surface area contributed by atoms with E-state index in [4.69, 9.17) is 9.47 Å². The Hall–Kier alpha value is -3.64. The second-order valence-electron chi connectivity index (χ2n) is 7.42. The minimum Gasteiger partial charge on any atom is -0.454 e. The van der Waals surface area contributed by atoms with Gasteiger partial charge in [-0.15, -0.1) is 0 Å². The maximum absolute atomic E-state index is 13.4. The number of hydrogen-bond donors (Lipinski definition) is 1. The lowest BCUT2D eigenvalue weighted by Gasteiger charge is -2.23. The fraction of sp³-hybridized carbons (Fsp3) is 0.167. The smallest absolute Gasteiger partial charge is 0.264 e. The number of hydrogen-bond acceptors (Lipinski definition) is 5. The van der Waals surface area contributed by atoms with E-state index < -0.39 is 11.5 Å². The molecule has 5 rings (SSSR count). The lowest BCUT2D eigenvalue weighted by Crippen LogP contribution is -2.41. The number of Topliss-reactive ketones (excluding diaryl/α,β-unsaturated/α-hetero) is 1. The molecular formula is C24H19NO5. The van der Waals surface area contributed by atoms with Gasteiger partial charge < -0.3 is 19.5 Å². The molecule has 1 amide bonds. The number of aliphatic hydroxyl groups is 1. The summed E-state index contributed by atoms with van der Waals surface area (Å²) in [6, 6.07) is 21.2. The van der Waals surface area contributed by atoms with Crippen molar-refractivity contribution >= 4 is 17.4 Å². The van der Waals surface area contributed by atoms with Crippen LogP contribution in [-0.4, -0.2) is 23.6 Å². The number of rotatable bonds is 5. The number of nitrogens with zero attached hydrogens (tertiary/aromatic N) is 1. The number of ketones is 1. The molecule has 1 unspecified atom stereocenters. The summed E-state index contributed by atoms with van der Waals surface area (Å²) in [4.78, 5) is 27.7. The maximum Gasteiger partial charge on any atom is 0.264 e. The van der Waals surface area contributed by atoms with E-state index in [1.807, 2.05) is 24.3 Å². The molecule has 2 aliphatic heterocycles. The van der Waals surface area contributed by atoms with Crippen molar-refractivity contribution in [3.63, 3.8) is 0 Å². The minimum absolute atomic E-state index is 0.172. The first-order valence-electron chi connectivity index (χ1n) is 9.67. The van der Waals surface area contributed by atoms with Gasteiger partial charge in [-0.3, -0.25) is 9.59 Å². The zero-order valence-electron chi connectivity index (χ0n) is 16.1. The molecule has 0 aliphatic carbocycles. The molecule has 0 radical (unpaired) electrons. The second-order valence-corrected chi connectivity index (χ2v) is 7.42. The van der Waals surface area contributed by atoms with Gasteiger partial charge in [0.05, 0.1) is 18.7 Å². The molecule has 3 aromatic carbocycles. The predicted molar refractivity (Wildman–Crippen MR) is 109 cm³/mol.